The Morgan fingerprint density at radius 3 is 2.09 bits per heavy atom. The molecule has 0 heterocycles. The summed E-state index contributed by atoms with van der Waals surface area (Å²) in [5.41, 5.74) is -0.778. The predicted molar refractivity (Wildman–Crippen MR) is 80.3 cm³/mol. The van der Waals surface area contributed by atoms with Gasteiger partial charge in [-0.3, -0.25) is 0 Å². The lowest BCUT2D eigenvalue weighted by Gasteiger charge is -2.27. The monoisotopic (exact) mass is 320 g/mol. The fourth-order valence-corrected chi connectivity index (χ4v) is 1.56. The van der Waals surface area contributed by atoms with Crippen LogP contribution in [0.2, 0.25) is 0 Å². The summed E-state index contributed by atoms with van der Waals surface area (Å²) >= 11 is 0. The van der Waals surface area contributed by atoms with Crippen LogP contribution in [0.1, 0.15) is 19.8 Å². The van der Waals surface area contributed by atoms with Crippen molar-refractivity contribution in [1.82, 2.24) is 0 Å². The molecule has 0 aromatic rings. The summed E-state index contributed by atoms with van der Waals surface area (Å²) in [4.78, 5) is 11.7. The fraction of sp³-hybridized carbons (Fsp3) is 0.800. The topological polar surface area (TPSA) is 105 Å². The summed E-state index contributed by atoms with van der Waals surface area (Å²) in [6.45, 7) is 6.40. The molecule has 0 aromatic carbocycles. The first-order chi connectivity index (χ1) is 10.5. The van der Waals surface area contributed by atoms with E-state index in [1.165, 1.54) is 0 Å². The van der Waals surface area contributed by atoms with Gasteiger partial charge in [0.2, 0.25) is 0 Å². The van der Waals surface area contributed by atoms with Crippen LogP contribution in [0.25, 0.3) is 0 Å². The van der Waals surface area contributed by atoms with Gasteiger partial charge >= 0.3 is 5.97 Å². The first-order valence-corrected chi connectivity index (χ1v) is 7.38. The van der Waals surface area contributed by atoms with Gasteiger partial charge in [-0.1, -0.05) is 6.58 Å². The fourth-order valence-electron chi connectivity index (χ4n) is 1.56. The van der Waals surface area contributed by atoms with Gasteiger partial charge in [0.15, 0.2) is 0 Å². The van der Waals surface area contributed by atoms with Crippen LogP contribution in [0.15, 0.2) is 12.2 Å². The van der Waals surface area contributed by atoms with Crippen molar-refractivity contribution in [3.05, 3.63) is 12.2 Å². The second-order valence-electron chi connectivity index (χ2n) is 5.02. The van der Waals surface area contributed by atoms with E-state index in [4.69, 9.17) is 14.2 Å². The minimum atomic E-state index is -1.01. The van der Waals surface area contributed by atoms with Crippen LogP contribution in [-0.4, -0.2) is 74.1 Å². The molecule has 0 fully saturated rings. The van der Waals surface area contributed by atoms with E-state index in [-0.39, 0.29) is 51.4 Å². The second kappa shape index (κ2) is 12.5. The minimum Gasteiger partial charge on any atom is -0.460 e. The molecular weight excluding hydrogens is 292 g/mol. The summed E-state index contributed by atoms with van der Waals surface area (Å²) in [5.74, 6) is -0.545. The van der Waals surface area contributed by atoms with Crippen molar-refractivity contribution in [2.24, 2.45) is 5.41 Å². The molecule has 0 saturated heterocycles. The second-order valence-corrected chi connectivity index (χ2v) is 5.02. The zero-order valence-corrected chi connectivity index (χ0v) is 13.3. The Balaban J connectivity index is 3.86. The number of esters is 1. The van der Waals surface area contributed by atoms with E-state index in [9.17, 15) is 20.1 Å². The summed E-state index contributed by atoms with van der Waals surface area (Å²) in [7, 11) is 0. The highest BCUT2D eigenvalue weighted by atomic mass is 16.6. The van der Waals surface area contributed by atoms with Gasteiger partial charge in [-0.05, 0) is 19.8 Å². The molecule has 0 spiro atoms. The Morgan fingerprint density at radius 1 is 1.00 bits per heavy atom. The van der Waals surface area contributed by atoms with Crippen LogP contribution >= 0.6 is 0 Å². The molecule has 0 radical (unpaired) electrons. The molecule has 0 aliphatic heterocycles. The molecule has 130 valence electrons. The number of aliphatic hydroxyl groups is 3. The predicted octanol–water partition coefficient (Wildman–Crippen LogP) is -0.118. The van der Waals surface area contributed by atoms with E-state index < -0.39 is 11.4 Å². The molecule has 0 bridgehead atoms. The number of aliphatic hydroxyl groups excluding tert-OH is 3. The average Bonchev–Trinajstić information content (AvgIpc) is 2.55. The number of carbonyl (C=O) groups excluding carboxylic acids is 1. The largest absolute Gasteiger partial charge is 0.460 e. The Kier molecular flexibility index (Phi) is 12.0. The van der Waals surface area contributed by atoms with E-state index in [2.05, 4.69) is 6.58 Å². The maximum absolute atomic E-state index is 11.7. The highest BCUT2D eigenvalue weighted by Crippen LogP contribution is 2.24. The summed E-state index contributed by atoms with van der Waals surface area (Å²) in [6, 6.07) is 0. The third kappa shape index (κ3) is 8.45. The SMILES string of the molecule is C=C(CCC(CO)(CO)CO)C(=O)OCCOCCOCC. The van der Waals surface area contributed by atoms with Crippen molar-refractivity contribution in [1.29, 1.82) is 0 Å². The highest BCUT2D eigenvalue weighted by Gasteiger charge is 2.28. The molecule has 0 atom stereocenters. The van der Waals surface area contributed by atoms with Crippen LogP contribution in [0.4, 0.5) is 0 Å². The van der Waals surface area contributed by atoms with Crippen molar-refractivity contribution in [2.75, 3.05) is 52.9 Å². The van der Waals surface area contributed by atoms with Gasteiger partial charge in [0.1, 0.15) is 6.61 Å². The van der Waals surface area contributed by atoms with Gasteiger partial charge in [-0.25, -0.2) is 4.79 Å². The third-order valence-electron chi connectivity index (χ3n) is 3.29. The summed E-state index contributed by atoms with van der Waals surface area (Å²) < 4.78 is 15.3. The lowest BCUT2D eigenvalue weighted by atomic mass is 9.84. The molecular formula is C15H28O7. The van der Waals surface area contributed by atoms with Crippen LogP contribution in [0.3, 0.4) is 0 Å². The molecule has 0 aliphatic rings. The van der Waals surface area contributed by atoms with Crippen molar-refractivity contribution in [3.63, 3.8) is 0 Å². The number of hydrogen-bond donors (Lipinski definition) is 3. The molecule has 22 heavy (non-hydrogen) atoms. The summed E-state index contributed by atoms with van der Waals surface area (Å²) in [5, 5.41) is 27.6. The smallest absolute Gasteiger partial charge is 0.333 e. The van der Waals surface area contributed by atoms with Crippen LogP contribution in [0.5, 0.6) is 0 Å². The molecule has 0 aromatic heterocycles. The van der Waals surface area contributed by atoms with Gasteiger partial charge in [-0.2, -0.15) is 0 Å². The van der Waals surface area contributed by atoms with Crippen molar-refractivity contribution in [2.45, 2.75) is 19.8 Å². The molecule has 0 saturated carbocycles. The first kappa shape index (κ1) is 21.0. The van der Waals surface area contributed by atoms with Crippen molar-refractivity contribution < 1.29 is 34.3 Å². The van der Waals surface area contributed by atoms with E-state index in [0.29, 0.717) is 19.8 Å². The quantitative estimate of drug-likeness (QED) is 0.233. The van der Waals surface area contributed by atoms with Gasteiger partial charge in [0.25, 0.3) is 0 Å². The van der Waals surface area contributed by atoms with E-state index in [0.717, 1.165) is 0 Å². The maximum Gasteiger partial charge on any atom is 0.333 e. The number of hydrogen-bond acceptors (Lipinski definition) is 7. The first-order valence-electron chi connectivity index (χ1n) is 7.38. The molecule has 7 heteroatoms. The zero-order valence-electron chi connectivity index (χ0n) is 13.3. The summed E-state index contributed by atoms with van der Waals surface area (Å²) in [6.07, 6.45) is 0.473. The Bertz CT molecular complexity index is 305. The molecule has 3 N–H and O–H groups in total. The third-order valence-corrected chi connectivity index (χ3v) is 3.29. The van der Waals surface area contributed by atoms with E-state index in [1.54, 1.807) is 0 Å². The van der Waals surface area contributed by atoms with Crippen LogP contribution in [0, 0.1) is 5.41 Å². The number of carbonyl (C=O) groups is 1. The normalized spacial score (nSPS) is 11.5. The van der Waals surface area contributed by atoms with Crippen LogP contribution in [-0.2, 0) is 19.0 Å². The highest BCUT2D eigenvalue weighted by molar-refractivity contribution is 5.87. The van der Waals surface area contributed by atoms with Crippen molar-refractivity contribution in [3.8, 4) is 0 Å². The average molecular weight is 320 g/mol. The van der Waals surface area contributed by atoms with Gasteiger partial charge in [0.05, 0.1) is 39.6 Å². The lowest BCUT2D eigenvalue weighted by Crippen LogP contribution is -2.34. The molecule has 0 aliphatic carbocycles. The molecule has 0 unspecified atom stereocenters. The Morgan fingerprint density at radius 2 is 1.55 bits per heavy atom. The Labute approximate surface area is 131 Å². The Hall–Kier alpha value is -0.990. The van der Waals surface area contributed by atoms with Gasteiger partial charge in [-0.15, -0.1) is 0 Å². The minimum absolute atomic E-state index is 0.120. The van der Waals surface area contributed by atoms with Gasteiger partial charge in [0, 0.05) is 17.6 Å². The van der Waals surface area contributed by atoms with Gasteiger partial charge < -0.3 is 29.5 Å². The molecule has 0 amide bonds. The van der Waals surface area contributed by atoms with E-state index >= 15 is 0 Å². The number of ether oxygens (including phenoxy) is 3. The molecule has 0 rings (SSSR count). The maximum atomic E-state index is 11.7. The van der Waals surface area contributed by atoms with Crippen molar-refractivity contribution >= 4 is 5.97 Å². The molecule has 7 nitrogen and oxygen atoms in total. The van der Waals surface area contributed by atoms with E-state index in [1.807, 2.05) is 6.92 Å². The van der Waals surface area contributed by atoms with Crippen LogP contribution < -0.4 is 0 Å². The standard InChI is InChI=1S/C15H28O7/c1-3-20-6-7-21-8-9-22-14(19)13(2)4-5-15(10-16,11-17)12-18/h16-18H,2-12H2,1H3. The number of rotatable bonds is 14. The zero-order chi connectivity index (χ0) is 16.8. The lowest BCUT2D eigenvalue weighted by molar-refractivity contribution is -0.141.